The zero-order valence-electron chi connectivity index (χ0n) is 18.9. The molecule has 0 saturated carbocycles. The molecule has 3 heteroatoms. The van der Waals surface area contributed by atoms with E-state index in [0.717, 1.165) is 30.9 Å². The van der Waals surface area contributed by atoms with Crippen LogP contribution in [0.1, 0.15) is 61.6 Å². The summed E-state index contributed by atoms with van der Waals surface area (Å²) in [6, 6.07) is 17.3. The third-order valence-electron chi connectivity index (χ3n) is 5.41. The number of aromatic nitrogens is 2. The van der Waals surface area contributed by atoms with Gasteiger partial charge in [0.05, 0.1) is 0 Å². The maximum Gasteiger partial charge on any atom is 0.126 e. The van der Waals surface area contributed by atoms with Gasteiger partial charge < -0.3 is 5.32 Å². The Labute approximate surface area is 181 Å². The molecule has 3 nitrogen and oxygen atoms in total. The summed E-state index contributed by atoms with van der Waals surface area (Å²) in [6.45, 7) is 11.9. The van der Waals surface area contributed by atoms with E-state index in [9.17, 15) is 0 Å². The molecule has 1 N–H and O–H groups in total. The molecule has 0 unspecified atom stereocenters. The first-order valence-corrected chi connectivity index (χ1v) is 10.9. The predicted molar refractivity (Wildman–Crippen MR) is 129 cm³/mol. The summed E-state index contributed by atoms with van der Waals surface area (Å²) in [7, 11) is 0. The molecule has 3 rings (SSSR count). The van der Waals surface area contributed by atoms with Crippen LogP contribution in [0.2, 0.25) is 0 Å². The Kier molecular flexibility index (Phi) is 7.40. The summed E-state index contributed by atoms with van der Waals surface area (Å²) in [5.74, 6) is 1.63. The number of hydrogen-bond acceptors (Lipinski definition) is 3. The molecule has 0 saturated heterocycles. The molecule has 0 radical (unpaired) electrons. The molecule has 30 heavy (non-hydrogen) atoms. The fourth-order valence-corrected chi connectivity index (χ4v) is 3.70. The Morgan fingerprint density at radius 3 is 2.20 bits per heavy atom. The van der Waals surface area contributed by atoms with Crippen molar-refractivity contribution in [2.75, 3.05) is 11.9 Å². The van der Waals surface area contributed by atoms with Crippen LogP contribution < -0.4 is 5.32 Å². The number of anilines is 1. The van der Waals surface area contributed by atoms with Crippen LogP contribution in [0.4, 0.5) is 5.82 Å². The van der Waals surface area contributed by atoms with E-state index >= 15 is 0 Å². The second kappa shape index (κ2) is 10.2. The lowest BCUT2D eigenvalue weighted by Gasteiger charge is -2.18. The molecule has 0 aliphatic heterocycles. The number of pyridine rings is 2. The van der Waals surface area contributed by atoms with Crippen molar-refractivity contribution >= 4 is 17.0 Å². The van der Waals surface area contributed by atoms with Gasteiger partial charge in [0.1, 0.15) is 5.82 Å². The first kappa shape index (κ1) is 21.8. The molecule has 156 valence electrons. The van der Waals surface area contributed by atoms with Crippen LogP contribution in [-0.4, -0.2) is 16.5 Å². The van der Waals surface area contributed by atoms with E-state index in [2.05, 4.69) is 93.5 Å². The van der Waals surface area contributed by atoms with Gasteiger partial charge in [-0.05, 0) is 79.1 Å². The van der Waals surface area contributed by atoms with Crippen LogP contribution in [0, 0.1) is 19.8 Å². The van der Waals surface area contributed by atoms with Gasteiger partial charge in [0.15, 0.2) is 0 Å². The van der Waals surface area contributed by atoms with Crippen LogP contribution in [0.5, 0.6) is 0 Å². The lowest BCUT2D eigenvalue weighted by Crippen LogP contribution is -2.07. The van der Waals surface area contributed by atoms with E-state index in [-0.39, 0.29) is 0 Å². The fraction of sp³-hybridized carbons (Fsp3) is 0.333. The van der Waals surface area contributed by atoms with Crippen LogP contribution in [0.25, 0.3) is 11.1 Å². The van der Waals surface area contributed by atoms with Crippen LogP contribution >= 0.6 is 0 Å². The van der Waals surface area contributed by atoms with E-state index in [1.54, 1.807) is 0 Å². The van der Waals surface area contributed by atoms with Gasteiger partial charge in [0.25, 0.3) is 0 Å². The van der Waals surface area contributed by atoms with Gasteiger partial charge in [0.2, 0.25) is 0 Å². The molecular weight excluding hydrogens is 366 g/mol. The molecular formula is C27H33N3. The number of rotatable bonds is 8. The van der Waals surface area contributed by atoms with Crippen LogP contribution in [-0.2, 0) is 0 Å². The molecule has 0 aliphatic rings. The summed E-state index contributed by atoms with van der Waals surface area (Å²) >= 11 is 0. The normalized spacial score (nSPS) is 12.1. The van der Waals surface area contributed by atoms with Crippen LogP contribution in [0.3, 0.4) is 0 Å². The largest absolute Gasteiger partial charge is 0.370 e. The first-order chi connectivity index (χ1) is 14.5. The monoisotopic (exact) mass is 399 g/mol. The van der Waals surface area contributed by atoms with Crippen molar-refractivity contribution in [3.8, 4) is 0 Å². The van der Waals surface area contributed by atoms with E-state index in [0.29, 0.717) is 5.92 Å². The van der Waals surface area contributed by atoms with Gasteiger partial charge >= 0.3 is 0 Å². The molecule has 2 aromatic heterocycles. The molecule has 0 aliphatic carbocycles. The Morgan fingerprint density at radius 1 is 0.900 bits per heavy atom. The third kappa shape index (κ3) is 5.35. The fourth-order valence-electron chi connectivity index (χ4n) is 3.70. The van der Waals surface area contributed by atoms with E-state index in [1.165, 1.54) is 33.4 Å². The summed E-state index contributed by atoms with van der Waals surface area (Å²) in [6.07, 6.45) is 5.80. The molecule has 0 atom stereocenters. The van der Waals surface area contributed by atoms with Gasteiger partial charge in [-0.25, -0.2) is 4.98 Å². The molecule has 2 heterocycles. The minimum Gasteiger partial charge on any atom is -0.370 e. The molecule has 0 bridgehead atoms. The van der Waals surface area contributed by atoms with Gasteiger partial charge in [0, 0.05) is 30.2 Å². The highest BCUT2D eigenvalue weighted by Crippen LogP contribution is 2.35. The quantitative estimate of drug-likeness (QED) is 0.447. The number of nitrogens with zero attached hydrogens (tertiary/aromatic N) is 2. The number of nitrogens with one attached hydrogen (secondary N) is 1. The van der Waals surface area contributed by atoms with Crippen molar-refractivity contribution < 1.29 is 0 Å². The molecule has 3 aromatic rings. The van der Waals surface area contributed by atoms with E-state index in [1.807, 2.05) is 12.4 Å². The second-order valence-corrected chi connectivity index (χ2v) is 8.25. The maximum atomic E-state index is 4.88. The van der Waals surface area contributed by atoms with Crippen molar-refractivity contribution in [3.05, 3.63) is 88.9 Å². The third-order valence-corrected chi connectivity index (χ3v) is 5.41. The van der Waals surface area contributed by atoms with Crippen LogP contribution in [0.15, 0.2) is 60.9 Å². The predicted octanol–water partition coefficient (Wildman–Crippen LogP) is 6.92. The minimum absolute atomic E-state index is 0.681. The average Bonchev–Trinajstić information content (AvgIpc) is 2.74. The summed E-state index contributed by atoms with van der Waals surface area (Å²) in [5, 5.41) is 3.47. The molecule has 0 spiro atoms. The summed E-state index contributed by atoms with van der Waals surface area (Å²) in [5.41, 5.74) is 8.48. The van der Waals surface area contributed by atoms with E-state index < -0.39 is 0 Å². The van der Waals surface area contributed by atoms with Gasteiger partial charge in [-0.15, -0.1) is 0 Å². The summed E-state index contributed by atoms with van der Waals surface area (Å²) in [4.78, 5) is 9.11. The van der Waals surface area contributed by atoms with Gasteiger partial charge in [-0.3, -0.25) is 4.98 Å². The highest BCUT2D eigenvalue weighted by atomic mass is 15.0. The van der Waals surface area contributed by atoms with E-state index in [4.69, 9.17) is 4.98 Å². The average molecular weight is 400 g/mol. The van der Waals surface area contributed by atoms with Crippen molar-refractivity contribution in [1.82, 2.24) is 9.97 Å². The lowest BCUT2D eigenvalue weighted by molar-refractivity contribution is 0.606. The first-order valence-electron chi connectivity index (χ1n) is 10.9. The second-order valence-electron chi connectivity index (χ2n) is 8.25. The van der Waals surface area contributed by atoms with Crippen molar-refractivity contribution in [2.45, 2.75) is 47.5 Å². The minimum atomic E-state index is 0.681. The highest BCUT2D eigenvalue weighted by Gasteiger charge is 2.16. The number of benzene rings is 1. The van der Waals surface area contributed by atoms with Gasteiger partial charge in [-0.1, -0.05) is 50.6 Å². The zero-order valence-corrected chi connectivity index (χ0v) is 18.9. The zero-order chi connectivity index (χ0) is 21.5. The smallest absolute Gasteiger partial charge is 0.126 e. The highest BCUT2D eigenvalue weighted by molar-refractivity contribution is 5.99. The Hall–Kier alpha value is -2.94. The van der Waals surface area contributed by atoms with Crippen molar-refractivity contribution in [2.24, 2.45) is 5.92 Å². The van der Waals surface area contributed by atoms with Crippen molar-refractivity contribution in [1.29, 1.82) is 0 Å². The number of aryl methyl sites for hydroxylation is 2. The topological polar surface area (TPSA) is 37.8 Å². The maximum absolute atomic E-state index is 4.88. The number of allylic oxidation sites excluding steroid dienone is 1. The SMILES string of the molecule is CC/C(=C(/c1ccncc1)c1ccc(NCCC(C)C)nc1C)c1ccc(C)cc1. The Bertz CT molecular complexity index is 986. The standard InChI is InChI=1S/C27H33N3/c1-6-24(22-9-7-20(4)8-10-22)27(23-14-16-28-17-15-23)25-11-12-26(30-21(25)5)29-18-13-19(2)3/h7-12,14-17,19H,6,13,18H2,1-5H3,(H,29,30)/b27-24+. The van der Waals surface area contributed by atoms with Gasteiger partial charge in [-0.2, -0.15) is 0 Å². The molecule has 0 fully saturated rings. The van der Waals surface area contributed by atoms with Crippen molar-refractivity contribution in [3.63, 3.8) is 0 Å². The Balaban J connectivity index is 2.08. The Morgan fingerprint density at radius 2 is 1.60 bits per heavy atom. The molecule has 1 aromatic carbocycles. The summed E-state index contributed by atoms with van der Waals surface area (Å²) < 4.78 is 0. The molecule has 0 amide bonds. The lowest BCUT2D eigenvalue weighted by atomic mass is 9.88. The number of hydrogen-bond donors (Lipinski definition) is 1.